The summed E-state index contributed by atoms with van der Waals surface area (Å²) in [6, 6.07) is 6.35. The lowest BCUT2D eigenvalue weighted by Crippen LogP contribution is -2.52. The second kappa shape index (κ2) is 7.79. The molecule has 0 saturated carbocycles. The van der Waals surface area contributed by atoms with Gasteiger partial charge >= 0.3 is 0 Å². The van der Waals surface area contributed by atoms with Gasteiger partial charge in [0, 0.05) is 17.9 Å². The van der Waals surface area contributed by atoms with Crippen LogP contribution in [0.3, 0.4) is 0 Å². The molecule has 0 bridgehead atoms. The Hall–Kier alpha value is -2.08. The zero-order valence-electron chi connectivity index (χ0n) is 11.9. The molecule has 1 aliphatic heterocycles. The molecule has 1 unspecified atom stereocenters. The van der Waals surface area contributed by atoms with Crippen LogP contribution in [0, 0.1) is 0 Å². The predicted molar refractivity (Wildman–Crippen MR) is 80.5 cm³/mol. The maximum Gasteiger partial charge on any atom is 0.249 e. The number of carbonyl (C=O) groups is 3. The Morgan fingerprint density at radius 3 is 2.73 bits per heavy atom. The Bertz CT molecular complexity index is 559. The van der Waals surface area contributed by atoms with E-state index >= 15 is 0 Å². The maximum absolute atomic E-state index is 11.7. The molecule has 1 aromatic carbocycles. The van der Waals surface area contributed by atoms with E-state index in [1.807, 2.05) is 0 Å². The molecule has 22 heavy (non-hydrogen) atoms. The van der Waals surface area contributed by atoms with Crippen molar-refractivity contribution in [2.75, 3.05) is 6.61 Å². The van der Waals surface area contributed by atoms with Crippen molar-refractivity contribution in [1.29, 1.82) is 0 Å². The van der Waals surface area contributed by atoms with E-state index in [1.54, 1.807) is 24.3 Å². The molecule has 118 valence electrons. The minimum absolute atomic E-state index is 0.228. The van der Waals surface area contributed by atoms with Crippen molar-refractivity contribution >= 4 is 29.3 Å². The summed E-state index contributed by atoms with van der Waals surface area (Å²) < 4.78 is 5.47. The number of rotatable bonds is 6. The summed E-state index contributed by atoms with van der Waals surface area (Å²) >= 11 is 5.77. The van der Waals surface area contributed by atoms with Crippen molar-refractivity contribution in [3.63, 3.8) is 0 Å². The van der Waals surface area contributed by atoms with Crippen molar-refractivity contribution in [2.24, 2.45) is 0 Å². The molecule has 1 aromatic rings. The van der Waals surface area contributed by atoms with E-state index in [0.29, 0.717) is 30.2 Å². The molecule has 0 aliphatic carbocycles. The third-order valence-corrected chi connectivity index (χ3v) is 3.46. The molecule has 6 nitrogen and oxygen atoms in total. The number of benzene rings is 1. The third-order valence-electron chi connectivity index (χ3n) is 3.20. The number of hydrogen-bond acceptors (Lipinski definition) is 4. The van der Waals surface area contributed by atoms with Crippen LogP contribution in [-0.4, -0.2) is 30.4 Å². The standard InChI is InChI=1S/C15H17ClN2O4/c16-10-3-5-11(6-4-10)22-9-1-2-13(19)17-12-7-8-14(20)18-15(12)21/h3-6,12H,1-2,7-9H2,(H,17,19)(H,18,20,21). The number of nitrogens with one attached hydrogen (secondary N) is 2. The lowest BCUT2D eigenvalue weighted by Gasteiger charge is -2.21. The Morgan fingerprint density at radius 2 is 2.05 bits per heavy atom. The molecule has 2 rings (SSSR count). The van der Waals surface area contributed by atoms with Crippen molar-refractivity contribution in [2.45, 2.75) is 31.7 Å². The number of halogens is 1. The topological polar surface area (TPSA) is 84.5 Å². The molecule has 0 spiro atoms. The highest BCUT2D eigenvalue weighted by Crippen LogP contribution is 2.15. The molecule has 0 radical (unpaired) electrons. The lowest BCUT2D eigenvalue weighted by atomic mass is 10.1. The second-order valence-corrected chi connectivity index (χ2v) is 5.41. The first-order chi connectivity index (χ1) is 10.5. The number of carbonyl (C=O) groups excluding carboxylic acids is 3. The van der Waals surface area contributed by atoms with Gasteiger partial charge in [-0.05, 0) is 37.1 Å². The molecule has 1 saturated heterocycles. The van der Waals surface area contributed by atoms with E-state index in [2.05, 4.69) is 10.6 Å². The van der Waals surface area contributed by atoms with E-state index in [0.717, 1.165) is 0 Å². The number of ether oxygens (including phenoxy) is 1. The molecule has 2 N–H and O–H groups in total. The number of imide groups is 1. The maximum atomic E-state index is 11.7. The summed E-state index contributed by atoms with van der Waals surface area (Å²) in [5.41, 5.74) is 0. The molecule has 1 fully saturated rings. The van der Waals surface area contributed by atoms with Crippen molar-refractivity contribution < 1.29 is 19.1 Å². The lowest BCUT2D eigenvalue weighted by molar-refractivity contribution is -0.137. The Morgan fingerprint density at radius 1 is 1.32 bits per heavy atom. The average Bonchev–Trinajstić information content (AvgIpc) is 2.48. The fourth-order valence-corrected chi connectivity index (χ4v) is 2.18. The Kier molecular flexibility index (Phi) is 5.77. The fraction of sp³-hybridized carbons (Fsp3) is 0.400. The molecule has 1 aliphatic rings. The van der Waals surface area contributed by atoms with Crippen LogP contribution in [0.2, 0.25) is 5.02 Å². The first-order valence-electron chi connectivity index (χ1n) is 7.06. The van der Waals surface area contributed by atoms with Crippen molar-refractivity contribution in [3.8, 4) is 5.75 Å². The summed E-state index contributed by atoms with van der Waals surface area (Å²) in [5.74, 6) is -0.280. The molecule has 1 heterocycles. The summed E-state index contributed by atoms with van der Waals surface area (Å²) in [7, 11) is 0. The Labute approximate surface area is 133 Å². The number of amides is 3. The summed E-state index contributed by atoms with van der Waals surface area (Å²) in [6.45, 7) is 0.393. The minimum atomic E-state index is -0.623. The van der Waals surface area contributed by atoms with Gasteiger partial charge in [-0.25, -0.2) is 0 Å². The first-order valence-corrected chi connectivity index (χ1v) is 7.44. The predicted octanol–water partition coefficient (Wildman–Crippen LogP) is 1.42. The molecule has 1 atom stereocenters. The van der Waals surface area contributed by atoms with Crippen LogP contribution in [0.4, 0.5) is 0 Å². The van der Waals surface area contributed by atoms with Crippen LogP contribution in [0.1, 0.15) is 25.7 Å². The van der Waals surface area contributed by atoms with Gasteiger partial charge in [-0.3, -0.25) is 19.7 Å². The normalized spacial score (nSPS) is 17.8. The second-order valence-electron chi connectivity index (χ2n) is 4.98. The van der Waals surface area contributed by atoms with Gasteiger partial charge in [-0.15, -0.1) is 0 Å². The zero-order valence-corrected chi connectivity index (χ0v) is 12.7. The van der Waals surface area contributed by atoms with Gasteiger partial charge in [0.05, 0.1) is 6.61 Å². The molecular formula is C15H17ClN2O4. The smallest absolute Gasteiger partial charge is 0.249 e. The molecule has 3 amide bonds. The minimum Gasteiger partial charge on any atom is -0.494 e. The van der Waals surface area contributed by atoms with Crippen LogP contribution in [0.15, 0.2) is 24.3 Å². The van der Waals surface area contributed by atoms with Crippen LogP contribution in [-0.2, 0) is 14.4 Å². The van der Waals surface area contributed by atoms with E-state index < -0.39 is 11.9 Å². The van der Waals surface area contributed by atoms with E-state index in [4.69, 9.17) is 16.3 Å². The number of piperidine rings is 1. The largest absolute Gasteiger partial charge is 0.494 e. The fourth-order valence-electron chi connectivity index (χ4n) is 2.05. The molecule has 0 aromatic heterocycles. The van der Waals surface area contributed by atoms with Gasteiger partial charge in [0.15, 0.2) is 0 Å². The van der Waals surface area contributed by atoms with Gasteiger partial charge in [0.1, 0.15) is 11.8 Å². The van der Waals surface area contributed by atoms with Gasteiger partial charge in [-0.1, -0.05) is 11.6 Å². The van der Waals surface area contributed by atoms with E-state index in [9.17, 15) is 14.4 Å². The summed E-state index contributed by atoms with van der Waals surface area (Å²) in [6.07, 6.45) is 1.38. The van der Waals surface area contributed by atoms with Crippen molar-refractivity contribution in [3.05, 3.63) is 29.3 Å². The highest BCUT2D eigenvalue weighted by molar-refractivity contribution is 6.30. The molecule has 7 heteroatoms. The number of hydrogen-bond donors (Lipinski definition) is 2. The summed E-state index contributed by atoms with van der Waals surface area (Å²) in [4.78, 5) is 34.2. The Balaban J connectivity index is 1.64. The molecular weight excluding hydrogens is 308 g/mol. The van der Waals surface area contributed by atoms with Gasteiger partial charge in [-0.2, -0.15) is 0 Å². The van der Waals surface area contributed by atoms with E-state index in [-0.39, 0.29) is 24.7 Å². The first kappa shape index (κ1) is 16.3. The van der Waals surface area contributed by atoms with Crippen molar-refractivity contribution in [1.82, 2.24) is 10.6 Å². The van der Waals surface area contributed by atoms with Gasteiger partial charge in [0.25, 0.3) is 0 Å². The zero-order chi connectivity index (χ0) is 15.9. The quantitative estimate of drug-likeness (QED) is 0.612. The SMILES string of the molecule is O=C1CCC(NC(=O)CCCOc2ccc(Cl)cc2)C(=O)N1. The van der Waals surface area contributed by atoms with E-state index in [1.165, 1.54) is 0 Å². The van der Waals surface area contributed by atoms with Crippen LogP contribution in [0.5, 0.6) is 5.75 Å². The third kappa shape index (κ3) is 5.04. The summed E-state index contributed by atoms with van der Waals surface area (Å²) in [5, 5.41) is 5.45. The van der Waals surface area contributed by atoms with Gasteiger partial charge in [0.2, 0.25) is 17.7 Å². The van der Waals surface area contributed by atoms with Crippen LogP contribution in [0.25, 0.3) is 0 Å². The highest BCUT2D eigenvalue weighted by atomic mass is 35.5. The average molecular weight is 325 g/mol. The van der Waals surface area contributed by atoms with Crippen LogP contribution >= 0.6 is 11.6 Å². The van der Waals surface area contributed by atoms with Crippen LogP contribution < -0.4 is 15.4 Å². The highest BCUT2D eigenvalue weighted by Gasteiger charge is 2.27. The van der Waals surface area contributed by atoms with Gasteiger partial charge < -0.3 is 10.1 Å². The monoisotopic (exact) mass is 324 g/mol.